The van der Waals surface area contributed by atoms with Crippen molar-refractivity contribution in [3.8, 4) is 5.75 Å². The number of ether oxygens (including phenoxy) is 1. The first kappa shape index (κ1) is 14.8. The Kier molecular flexibility index (Phi) is 5.98. The highest BCUT2D eigenvalue weighted by Gasteiger charge is 2.08. The Hall–Kier alpha value is -1.23. The maximum atomic E-state index is 10.4. The van der Waals surface area contributed by atoms with E-state index in [4.69, 9.17) is 9.84 Å². The number of benzene rings is 1. The molecule has 1 rings (SSSR count). The summed E-state index contributed by atoms with van der Waals surface area (Å²) in [6.07, 6.45) is 1.76. The minimum atomic E-state index is -0.738. The molecule has 4 nitrogen and oxygen atoms in total. The molecular formula is C13H18BrNO3. The Morgan fingerprint density at radius 1 is 1.44 bits per heavy atom. The molecule has 0 amide bonds. The lowest BCUT2D eigenvalue weighted by atomic mass is 10.2. The van der Waals surface area contributed by atoms with Gasteiger partial charge in [-0.05, 0) is 31.0 Å². The molecule has 18 heavy (non-hydrogen) atoms. The van der Waals surface area contributed by atoms with Crippen LogP contribution in [0.1, 0.15) is 19.3 Å². The number of carboxylic acids is 1. The van der Waals surface area contributed by atoms with Crippen molar-refractivity contribution in [3.05, 3.63) is 22.7 Å². The zero-order valence-electron chi connectivity index (χ0n) is 10.6. The topological polar surface area (TPSA) is 49.8 Å². The molecule has 0 saturated heterocycles. The van der Waals surface area contributed by atoms with Crippen LogP contribution in [0.25, 0.3) is 0 Å². The molecule has 1 aromatic rings. The molecular weight excluding hydrogens is 298 g/mol. The molecule has 100 valence electrons. The number of rotatable bonds is 7. The number of carboxylic acid groups (broad SMARTS) is 1. The van der Waals surface area contributed by atoms with Crippen molar-refractivity contribution in [1.82, 2.24) is 0 Å². The van der Waals surface area contributed by atoms with Crippen LogP contribution in [0.5, 0.6) is 5.75 Å². The third-order valence-corrected chi connectivity index (χ3v) is 3.18. The van der Waals surface area contributed by atoms with Crippen LogP contribution in [0.3, 0.4) is 0 Å². The summed E-state index contributed by atoms with van der Waals surface area (Å²) in [5, 5.41) is 8.57. The van der Waals surface area contributed by atoms with Crippen molar-refractivity contribution in [2.75, 3.05) is 25.6 Å². The van der Waals surface area contributed by atoms with Crippen LogP contribution in [0.4, 0.5) is 5.69 Å². The molecule has 0 heterocycles. The van der Waals surface area contributed by atoms with Crippen molar-refractivity contribution >= 4 is 27.6 Å². The fourth-order valence-electron chi connectivity index (χ4n) is 1.71. The highest BCUT2D eigenvalue weighted by Crippen LogP contribution is 2.30. The third-order valence-electron chi connectivity index (χ3n) is 2.69. The molecule has 5 heteroatoms. The van der Waals surface area contributed by atoms with Crippen molar-refractivity contribution in [2.24, 2.45) is 0 Å². The lowest BCUT2D eigenvalue weighted by Gasteiger charge is -2.21. The van der Waals surface area contributed by atoms with Gasteiger partial charge in [-0.1, -0.05) is 15.9 Å². The van der Waals surface area contributed by atoms with E-state index in [2.05, 4.69) is 20.8 Å². The van der Waals surface area contributed by atoms with Crippen LogP contribution in [0.2, 0.25) is 0 Å². The zero-order chi connectivity index (χ0) is 13.5. The summed E-state index contributed by atoms with van der Waals surface area (Å²) < 4.78 is 6.31. The fraction of sp³-hybridized carbons (Fsp3) is 0.462. The van der Waals surface area contributed by atoms with Gasteiger partial charge in [0.15, 0.2) is 0 Å². The smallest absolute Gasteiger partial charge is 0.303 e. The van der Waals surface area contributed by atoms with Gasteiger partial charge in [0.2, 0.25) is 0 Å². The Balaban J connectivity index is 2.57. The molecule has 0 aliphatic rings. The van der Waals surface area contributed by atoms with Gasteiger partial charge < -0.3 is 14.7 Å². The largest absolute Gasteiger partial charge is 0.495 e. The molecule has 0 aliphatic heterocycles. The van der Waals surface area contributed by atoms with Gasteiger partial charge in [-0.25, -0.2) is 0 Å². The average molecular weight is 316 g/mol. The van der Waals surface area contributed by atoms with Gasteiger partial charge in [-0.15, -0.1) is 0 Å². The Morgan fingerprint density at radius 2 is 2.17 bits per heavy atom. The quantitative estimate of drug-likeness (QED) is 0.785. The van der Waals surface area contributed by atoms with Gasteiger partial charge in [0.25, 0.3) is 0 Å². The minimum Gasteiger partial charge on any atom is -0.495 e. The Bertz CT molecular complexity index is 409. The van der Waals surface area contributed by atoms with E-state index in [1.54, 1.807) is 7.11 Å². The van der Waals surface area contributed by atoms with Crippen LogP contribution >= 0.6 is 15.9 Å². The first-order valence-electron chi connectivity index (χ1n) is 5.81. The number of methoxy groups -OCH3 is 1. The minimum absolute atomic E-state index is 0.226. The van der Waals surface area contributed by atoms with E-state index >= 15 is 0 Å². The number of nitrogens with zero attached hydrogens (tertiary/aromatic N) is 1. The van der Waals surface area contributed by atoms with Gasteiger partial charge in [0, 0.05) is 24.5 Å². The van der Waals surface area contributed by atoms with E-state index in [0.717, 1.165) is 28.9 Å². The molecule has 0 radical (unpaired) electrons. The summed E-state index contributed by atoms with van der Waals surface area (Å²) in [5.74, 6) is 0.0802. The van der Waals surface area contributed by atoms with E-state index in [-0.39, 0.29) is 6.42 Å². The monoisotopic (exact) mass is 315 g/mol. The highest BCUT2D eigenvalue weighted by atomic mass is 79.9. The van der Waals surface area contributed by atoms with E-state index in [1.807, 2.05) is 25.2 Å². The van der Waals surface area contributed by atoms with Gasteiger partial charge >= 0.3 is 5.97 Å². The number of aliphatic carboxylic acids is 1. The summed E-state index contributed by atoms with van der Waals surface area (Å²) in [6, 6.07) is 5.84. The molecule has 0 fully saturated rings. The number of hydrogen-bond donors (Lipinski definition) is 1. The second-order valence-electron chi connectivity index (χ2n) is 4.09. The predicted octanol–water partition coefficient (Wildman–Crippen LogP) is 3.15. The van der Waals surface area contributed by atoms with E-state index in [9.17, 15) is 4.79 Å². The first-order chi connectivity index (χ1) is 8.54. The summed E-state index contributed by atoms with van der Waals surface area (Å²) >= 11 is 3.43. The number of unbranched alkanes of at least 4 members (excludes halogenated alkanes) is 1. The first-order valence-corrected chi connectivity index (χ1v) is 6.60. The molecule has 0 saturated carbocycles. The van der Waals surface area contributed by atoms with E-state index in [1.165, 1.54) is 0 Å². The van der Waals surface area contributed by atoms with Gasteiger partial charge in [-0.3, -0.25) is 4.79 Å². The molecule has 0 spiro atoms. The van der Waals surface area contributed by atoms with Crippen LogP contribution in [0.15, 0.2) is 22.7 Å². The predicted molar refractivity (Wildman–Crippen MR) is 75.5 cm³/mol. The van der Waals surface area contributed by atoms with Gasteiger partial charge in [-0.2, -0.15) is 0 Å². The van der Waals surface area contributed by atoms with Gasteiger partial charge in [0.05, 0.1) is 12.8 Å². The number of carbonyl (C=O) groups is 1. The SMILES string of the molecule is COc1ccc(Br)cc1N(C)CCCCC(=O)O. The lowest BCUT2D eigenvalue weighted by molar-refractivity contribution is -0.137. The normalized spacial score (nSPS) is 10.2. The third kappa shape index (κ3) is 4.56. The summed E-state index contributed by atoms with van der Waals surface area (Å²) in [5.41, 5.74) is 1.00. The van der Waals surface area contributed by atoms with Crippen molar-refractivity contribution < 1.29 is 14.6 Å². The maximum Gasteiger partial charge on any atom is 0.303 e. The standard InChI is InChI=1S/C13H18BrNO3/c1-15(8-4-3-5-13(16)17)11-9-10(14)6-7-12(11)18-2/h6-7,9H,3-5,8H2,1-2H3,(H,16,17). The second-order valence-corrected chi connectivity index (χ2v) is 5.00. The average Bonchev–Trinajstić information content (AvgIpc) is 2.34. The second kappa shape index (κ2) is 7.26. The molecule has 1 N–H and O–H groups in total. The zero-order valence-corrected chi connectivity index (χ0v) is 12.2. The van der Waals surface area contributed by atoms with Crippen molar-refractivity contribution in [1.29, 1.82) is 0 Å². The molecule has 1 aromatic carbocycles. The maximum absolute atomic E-state index is 10.4. The molecule has 0 unspecified atom stereocenters. The number of halogens is 1. The van der Waals surface area contributed by atoms with E-state index in [0.29, 0.717) is 6.42 Å². The van der Waals surface area contributed by atoms with Crippen LogP contribution in [-0.2, 0) is 4.79 Å². The van der Waals surface area contributed by atoms with Crippen molar-refractivity contribution in [3.63, 3.8) is 0 Å². The van der Waals surface area contributed by atoms with Gasteiger partial charge in [0.1, 0.15) is 5.75 Å². The van der Waals surface area contributed by atoms with Crippen molar-refractivity contribution in [2.45, 2.75) is 19.3 Å². The fourth-order valence-corrected chi connectivity index (χ4v) is 2.06. The Labute approximate surface area is 116 Å². The molecule has 0 aromatic heterocycles. The number of anilines is 1. The van der Waals surface area contributed by atoms with Crippen LogP contribution in [0, 0.1) is 0 Å². The lowest BCUT2D eigenvalue weighted by Crippen LogP contribution is -2.19. The van der Waals surface area contributed by atoms with E-state index < -0.39 is 5.97 Å². The summed E-state index contributed by atoms with van der Waals surface area (Å²) in [7, 11) is 3.62. The van der Waals surface area contributed by atoms with Crippen LogP contribution < -0.4 is 9.64 Å². The number of hydrogen-bond acceptors (Lipinski definition) is 3. The molecule has 0 bridgehead atoms. The molecule has 0 aliphatic carbocycles. The highest BCUT2D eigenvalue weighted by molar-refractivity contribution is 9.10. The summed E-state index contributed by atoms with van der Waals surface area (Å²) in [4.78, 5) is 12.5. The molecule has 0 atom stereocenters. The summed E-state index contributed by atoms with van der Waals surface area (Å²) in [6.45, 7) is 0.806. The Morgan fingerprint density at radius 3 is 2.78 bits per heavy atom. The van der Waals surface area contributed by atoms with Crippen LogP contribution in [-0.4, -0.2) is 31.8 Å².